The van der Waals surface area contributed by atoms with E-state index >= 15 is 8.78 Å². The Hall–Kier alpha value is -2.85. The lowest BCUT2D eigenvalue weighted by Crippen LogP contribution is -2.57. The van der Waals surface area contributed by atoms with Gasteiger partial charge in [0.15, 0.2) is 12.3 Å². The van der Waals surface area contributed by atoms with Gasteiger partial charge in [-0.05, 0) is 55.5 Å². The van der Waals surface area contributed by atoms with Crippen LogP contribution in [0, 0.1) is 0 Å². The van der Waals surface area contributed by atoms with E-state index in [9.17, 15) is 28.3 Å². The summed E-state index contributed by atoms with van der Waals surface area (Å²) in [6.45, 7) is -1.39. The van der Waals surface area contributed by atoms with Crippen LogP contribution in [0.5, 0.6) is 5.75 Å². The van der Waals surface area contributed by atoms with E-state index in [0.717, 1.165) is 5.39 Å². The Morgan fingerprint density at radius 2 is 1.86 bits per heavy atom. The van der Waals surface area contributed by atoms with Crippen molar-refractivity contribution in [3.63, 3.8) is 0 Å². The maximum absolute atomic E-state index is 15.6. The predicted molar refractivity (Wildman–Crippen MR) is 155 cm³/mol. The lowest BCUT2D eigenvalue weighted by molar-refractivity contribution is -0.241. The van der Waals surface area contributed by atoms with Gasteiger partial charge in [0.05, 0.1) is 12.7 Å². The first kappa shape index (κ1) is 34.0. The molecule has 18 heteroatoms. The van der Waals surface area contributed by atoms with Crippen LogP contribution in [0.3, 0.4) is 0 Å². The number of nitrogens with one attached hydrogen (secondary N) is 2. The van der Waals surface area contributed by atoms with Gasteiger partial charge in [-0.1, -0.05) is 41.9 Å². The number of benzene rings is 2. The number of aromatic nitrogens is 2. The highest BCUT2D eigenvalue weighted by molar-refractivity contribution is 8.09. The fraction of sp³-hybridized carbons (Fsp3) is 0.423. The van der Waals surface area contributed by atoms with E-state index < -0.39 is 77.9 Å². The van der Waals surface area contributed by atoms with Crippen molar-refractivity contribution in [1.82, 2.24) is 14.6 Å². The Bertz CT molecular complexity index is 1710. The molecule has 5 atom stereocenters. The molecule has 0 radical (unpaired) electrons. The summed E-state index contributed by atoms with van der Waals surface area (Å²) >= 11 is 11.2. The monoisotopic (exact) mass is 683 g/mol. The number of nitrogens with zero attached hydrogens (tertiary/aromatic N) is 1. The van der Waals surface area contributed by atoms with Crippen molar-refractivity contribution in [3.05, 3.63) is 74.5 Å². The molecule has 3 N–H and O–H groups in total. The van der Waals surface area contributed by atoms with Crippen LogP contribution in [0.25, 0.3) is 10.8 Å². The predicted octanol–water partition coefficient (Wildman–Crippen LogP) is 4.12. The Balaban J connectivity index is 1.70. The minimum atomic E-state index is -4.76. The summed E-state index contributed by atoms with van der Waals surface area (Å²) in [6.07, 6.45) is -9.48. The lowest BCUT2D eigenvalue weighted by atomic mass is 9.95. The fourth-order valence-corrected chi connectivity index (χ4v) is 6.85. The first-order chi connectivity index (χ1) is 20.5. The Labute approximate surface area is 257 Å². The molecule has 2 heterocycles. The van der Waals surface area contributed by atoms with E-state index in [4.69, 9.17) is 41.9 Å². The van der Waals surface area contributed by atoms with Crippen LogP contribution in [-0.2, 0) is 30.6 Å². The minimum Gasteiger partial charge on any atom is -0.462 e. The molecule has 1 aliphatic rings. The lowest BCUT2D eigenvalue weighted by Gasteiger charge is -2.35. The molecule has 4 rings (SSSR count). The summed E-state index contributed by atoms with van der Waals surface area (Å²) in [5.41, 5.74) is -6.34. The summed E-state index contributed by atoms with van der Waals surface area (Å²) < 4.78 is 82.0. The molecule has 1 aromatic heterocycles. The molecule has 0 aliphatic carbocycles. The normalized spacial score (nSPS) is 23.5. The number of rotatable bonds is 11. The van der Waals surface area contributed by atoms with E-state index in [-0.39, 0.29) is 10.3 Å². The van der Waals surface area contributed by atoms with E-state index in [1.807, 2.05) is 6.07 Å². The molecule has 0 saturated carbocycles. The van der Waals surface area contributed by atoms with Crippen LogP contribution in [0.1, 0.15) is 27.0 Å². The maximum atomic E-state index is 15.6. The number of aromatic amines is 1. The number of alkyl halides is 4. The first-order valence-electron chi connectivity index (χ1n) is 12.9. The largest absolute Gasteiger partial charge is 0.462 e. The molecule has 0 spiro atoms. The standard InChI is InChI=1S/C26H27ClF4N3O8PS/c1-13(2)40-22(37)14(3)33-43(44,42-17-9-8-15-6-4-5-7-16(15)10-17)39-12-25(23(28)29)26(30,31)19(35)21(41-25)34-11-18(27)20(36)32-24(34)38/h4-11,13-14,19,21,23,35H,12H2,1-3H3,(H,33,44)(H,32,36,38). The second-order valence-electron chi connectivity index (χ2n) is 10.1. The van der Waals surface area contributed by atoms with Crippen molar-refractivity contribution < 1.29 is 46.0 Å². The van der Waals surface area contributed by atoms with Gasteiger partial charge in [0.25, 0.3) is 12.0 Å². The Morgan fingerprint density at radius 3 is 2.50 bits per heavy atom. The van der Waals surface area contributed by atoms with Crippen molar-refractivity contribution in [2.75, 3.05) is 6.61 Å². The van der Waals surface area contributed by atoms with E-state index in [2.05, 4.69) is 5.09 Å². The topological polar surface area (TPSA) is 141 Å². The third-order valence-corrected chi connectivity index (χ3v) is 9.29. The van der Waals surface area contributed by atoms with Gasteiger partial charge < -0.3 is 23.6 Å². The molecular formula is C26H27ClF4N3O8PS. The molecule has 5 unspecified atom stereocenters. The summed E-state index contributed by atoms with van der Waals surface area (Å²) in [7, 11) is 0. The molecule has 1 saturated heterocycles. The number of hydrogen-bond donors (Lipinski definition) is 3. The zero-order valence-electron chi connectivity index (χ0n) is 23.2. The van der Waals surface area contributed by atoms with Crippen LogP contribution >= 0.6 is 18.2 Å². The molecule has 11 nitrogen and oxygen atoms in total. The van der Waals surface area contributed by atoms with Crippen molar-refractivity contribution in [2.45, 2.75) is 63.2 Å². The zero-order valence-corrected chi connectivity index (χ0v) is 25.7. The molecule has 2 aromatic carbocycles. The third-order valence-electron chi connectivity index (χ3n) is 6.54. The van der Waals surface area contributed by atoms with Gasteiger partial charge in [-0.3, -0.25) is 19.1 Å². The van der Waals surface area contributed by atoms with Crippen molar-refractivity contribution >= 4 is 46.8 Å². The summed E-state index contributed by atoms with van der Waals surface area (Å²) in [4.78, 5) is 38.2. The van der Waals surface area contributed by atoms with Gasteiger partial charge in [-0.15, -0.1) is 0 Å². The molecule has 0 bridgehead atoms. The van der Waals surface area contributed by atoms with Crippen LogP contribution in [-0.4, -0.2) is 63.4 Å². The van der Waals surface area contributed by atoms with Crippen molar-refractivity contribution in [2.24, 2.45) is 0 Å². The number of aliphatic hydroxyl groups excluding tert-OH is 1. The number of ether oxygens (including phenoxy) is 2. The number of esters is 1. The number of carbonyl (C=O) groups is 1. The summed E-state index contributed by atoms with van der Waals surface area (Å²) in [6, 6.07) is 10.5. The number of halogens is 5. The smallest absolute Gasteiger partial charge is 0.330 e. The quantitative estimate of drug-likeness (QED) is 0.154. The number of hydrogen-bond acceptors (Lipinski definition) is 9. The van der Waals surface area contributed by atoms with Crippen molar-refractivity contribution in [1.29, 1.82) is 0 Å². The third kappa shape index (κ3) is 6.71. The highest BCUT2D eigenvalue weighted by Gasteiger charge is 2.74. The molecule has 240 valence electrons. The number of fused-ring (bicyclic) bond motifs is 1. The summed E-state index contributed by atoms with van der Waals surface area (Å²) in [5, 5.41) is 13.8. The second-order valence-corrected chi connectivity index (χ2v) is 13.7. The Kier molecular flexibility index (Phi) is 9.95. The highest BCUT2D eigenvalue weighted by Crippen LogP contribution is 2.54. The first-order valence-corrected chi connectivity index (χ1v) is 16.0. The summed E-state index contributed by atoms with van der Waals surface area (Å²) in [5.74, 6) is -5.53. The van der Waals surface area contributed by atoms with Crippen LogP contribution in [0.2, 0.25) is 5.02 Å². The number of carbonyl (C=O) groups excluding carboxylic acids is 1. The van der Waals surface area contributed by atoms with Gasteiger partial charge in [-0.25, -0.2) is 18.7 Å². The molecule has 1 fully saturated rings. The average Bonchev–Trinajstić information content (AvgIpc) is 3.14. The van der Waals surface area contributed by atoms with Gasteiger partial charge in [0, 0.05) is 6.20 Å². The molecule has 44 heavy (non-hydrogen) atoms. The SMILES string of the molecule is CC(C)OC(=O)C(C)NP(=S)(OCC1(C(F)F)OC(n2cc(Cl)c(=O)[nH]c2=O)C(O)C1(F)F)Oc1ccc2ccccc2c1. The van der Waals surface area contributed by atoms with Gasteiger partial charge in [0.1, 0.15) is 16.8 Å². The van der Waals surface area contributed by atoms with Gasteiger partial charge in [0.2, 0.25) is 5.60 Å². The highest BCUT2D eigenvalue weighted by atomic mass is 35.5. The number of aliphatic hydroxyl groups is 1. The minimum absolute atomic E-state index is 0.0569. The van der Waals surface area contributed by atoms with Crippen molar-refractivity contribution in [3.8, 4) is 5.75 Å². The molecule has 3 aromatic rings. The van der Waals surface area contributed by atoms with E-state index in [1.54, 1.807) is 43.1 Å². The fourth-order valence-electron chi connectivity index (χ4n) is 4.29. The van der Waals surface area contributed by atoms with Crippen LogP contribution < -0.4 is 20.9 Å². The van der Waals surface area contributed by atoms with Crippen LogP contribution in [0.15, 0.2) is 58.3 Å². The number of H-pyrrole nitrogens is 1. The maximum Gasteiger partial charge on any atom is 0.330 e. The van der Waals surface area contributed by atoms with Gasteiger partial charge in [-0.2, -0.15) is 8.78 Å². The second kappa shape index (κ2) is 12.9. The van der Waals surface area contributed by atoms with Gasteiger partial charge >= 0.3 is 24.2 Å². The van der Waals surface area contributed by atoms with Crippen LogP contribution in [0.4, 0.5) is 17.6 Å². The average molecular weight is 684 g/mol. The molecular weight excluding hydrogens is 657 g/mol. The van der Waals surface area contributed by atoms with E-state index in [0.29, 0.717) is 11.6 Å². The van der Waals surface area contributed by atoms with E-state index in [1.165, 1.54) is 19.1 Å². The molecule has 0 amide bonds. The Morgan fingerprint density at radius 1 is 1.20 bits per heavy atom. The molecule has 1 aliphatic heterocycles. The zero-order chi connectivity index (χ0) is 32.6.